The number of rotatable bonds is 1. The second-order valence-corrected chi connectivity index (χ2v) is 5.28. The SMILES string of the molecule is Cl.Cl.Clc1ccc(-c2cccc3[cH-]ccc23)cc1.[C-]1=CC=CC1.[CH3-].[CH3-].[Si]=[Zr]. The molecule has 0 saturated heterocycles. The third-order valence-electron chi connectivity index (χ3n) is 3.42. The van der Waals surface area contributed by atoms with Crippen molar-refractivity contribution in [2.24, 2.45) is 0 Å². The van der Waals surface area contributed by atoms with Crippen LogP contribution in [0.15, 0.2) is 78.9 Å². The number of allylic oxidation sites excluding steroid dienone is 4. The van der Waals surface area contributed by atoms with Gasteiger partial charge < -0.3 is 14.9 Å². The Balaban J connectivity index is -0.000000457. The van der Waals surface area contributed by atoms with Gasteiger partial charge >= 0.3 is 30.2 Å². The third kappa shape index (κ3) is 9.50. The molecule has 3 aromatic carbocycles. The van der Waals surface area contributed by atoms with Crippen molar-refractivity contribution in [2.75, 3.05) is 0 Å². The molecule has 0 aromatic heterocycles. The number of hydrogen-bond donors (Lipinski definition) is 0. The standard InChI is InChI=1S/C15H10Cl.C5H5.2CH3.2ClH.Si.Zr/c16-13-9-7-12(8-10-13)15-6-2-4-11-3-1-5-14(11)15;1-2-4-5-3-1;;;;;;/h1-10H;1-3H,4H2;2*1H3;2*1H;;/q4*-1;;;;. The van der Waals surface area contributed by atoms with Gasteiger partial charge in [-0.1, -0.05) is 35.4 Å². The summed E-state index contributed by atoms with van der Waals surface area (Å²) in [7, 11) is 0. The summed E-state index contributed by atoms with van der Waals surface area (Å²) in [6.45, 7) is 3.06. The minimum atomic E-state index is 0. The van der Waals surface area contributed by atoms with Crippen LogP contribution in [0.25, 0.3) is 21.9 Å². The summed E-state index contributed by atoms with van der Waals surface area (Å²) in [4.78, 5) is 0. The fourth-order valence-electron chi connectivity index (χ4n) is 2.38. The minimum absolute atomic E-state index is 0. The topological polar surface area (TPSA) is 0 Å². The van der Waals surface area contributed by atoms with Crippen LogP contribution in [0.5, 0.6) is 0 Å². The van der Waals surface area contributed by atoms with Crippen molar-refractivity contribution >= 4 is 54.1 Å². The van der Waals surface area contributed by atoms with E-state index in [9.17, 15) is 0 Å². The van der Waals surface area contributed by atoms with Crippen LogP contribution in [0.3, 0.4) is 0 Å². The molecule has 0 fully saturated rings. The van der Waals surface area contributed by atoms with Gasteiger partial charge in [0.25, 0.3) is 0 Å². The van der Waals surface area contributed by atoms with E-state index in [4.69, 9.17) is 11.6 Å². The van der Waals surface area contributed by atoms with Crippen molar-refractivity contribution in [3.05, 3.63) is 105 Å². The van der Waals surface area contributed by atoms with Crippen LogP contribution < -0.4 is 0 Å². The molecule has 5 heteroatoms. The first-order valence-electron chi connectivity index (χ1n) is 7.22. The predicted octanol–water partition coefficient (Wildman–Crippen LogP) is 7.55. The molecule has 3 aromatic rings. The molecular weight excluding hydrogens is 490 g/mol. The summed E-state index contributed by atoms with van der Waals surface area (Å²) in [5.74, 6) is 0. The molecule has 0 heterocycles. The summed E-state index contributed by atoms with van der Waals surface area (Å²) in [5.41, 5.74) is 2.47. The van der Waals surface area contributed by atoms with Gasteiger partial charge in [-0.15, -0.1) is 60.2 Å². The van der Waals surface area contributed by atoms with Crippen molar-refractivity contribution in [1.29, 1.82) is 0 Å². The summed E-state index contributed by atoms with van der Waals surface area (Å²) >= 11 is 7.25. The fraction of sp³-hybridized carbons (Fsp3) is 0.0455. The normalized spacial score (nSPS) is 9.78. The zero-order valence-electron chi connectivity index (χ0n) is 15.4. The number of halogens is 3. The Bertz CT molecular complexity index is 798. The molecule has 1 aliphatic carbocycles. The van der Waals surface area contributed by atoms with Crippen molar-refractivity contribution in [1.82, 2.24) is 0 Å². The van der Waals surface area contributed by atoms with Gasteiger partial charge in [-0.2, -0.15) is 18.2 Å². The number of fused-ring (bicyclic) bond motifs is 1. The quantitative estimate of drug-likeness (QED) is 0.233. The third-order valence-corrected chi connectivity index (χ3v) is 3.67. The van der Waals surface area contributed by atoms with E-state index in [1.54, 1.807) is 0 Å². The molecular formula is C22H23Cl3SiZr-4. The van der Waals surface area contributed by atoms with E-state index < -0.39 is 0 Å². The van der Waals surface area contributed by atoms with Gasteiger partial charge in [0.15, 0.2) is 0 Å². The van der Waals surface area contributed by atoms with E-state index in [1.165, 1.54) is 45.2 Å². The molecule has 0 saturated carbocycles. The second kappa shape index (κ2) is 17.6. The van der Waals surface area contributed by atoms with E-state index in [1.807, 2.05) is 24.3 Å². The molecule has 27 heavy (non-hydrogen) atoms. The van der Waals surface area contributed by atoms with Gasteiger partial charge in [-0.05, 0) is 17.7 Å². The first-order valence-corrected chi connectivity index (χ1v) is 11.8. The molecule has 0 amide bonds. The fourth-order valence-corrected chi connectivity index (χ4v) is 2.51. The Labute approximate surface area is 198 Å². The van der Waals surface area contributed by atoms with Crippen LogP contribution in [0.2, 0.25) is 5.02 Å². The molecule has 144 valence electrons. The maximum absolute atomic E-state index is 5.90. The van der Waals surface area contributed by atoms with Crippen molar-refractivity contribution in [2.45, 2.75) is 6.42 Å². The molecule has 0 bridgehead atoms. The van der Waals surface area contributed by atoms with E-state index in [2.05, 4.69) is 67.6 Å². The van der Waals surface area contributed by atoms with Crippen LogP contribution in [0.4, 0.5) is 0 Å². The molecule has 0 nitrogen and oxygen atoms in total. The van der Waals surface area contributed by atoms with Crippen LogP contribution in [0, 0.1) is 20.9 Å². The molecule has 1 aliphatic rings. The van der Waals surface area contributed by atoms with Crippen molar-refractivity contribution < 1.29 is 23.3 Å². The molecule has 0 atom stereocenters. The van der Waals surface area contributed by atoms with Gasteiger partial charge in [-0.25, -0.2) is 12.2 Å². The van der Waals surface area contributed by atoms with Gasteiger partial charge in [0.2, 0.25) is 0 Å². The molecule has 0 N–H and O–H groups in total. The Morgan fingerprint density at radius 1 is 0.963 bits per heavy atom. The van der Waals surface area contributed by atoms with E-state index >= 15 is 0 Å². The van der Waals surface area contributed by atoms with Crippen molar-refractivity contribution in [3.8, 4) is 11.1 Å². The summed E-state index contributed by atoms with van der Waals surface area (Å²) in [6.07, 6.45) is 10.0. The van der Waals surface area contributed by atoms with Crippen LogP contribution in [0.1, 0.15) is 6.42 Å². The monoisotopic (exact) mass is 510 g/mol. The van der Waals surface area contributed by atoms with Crippen molar-refractivity contribution in [3.63, 3.8) is 0 Å². The Kier molecular flexibility index (Phi) is 20.3. The summed E-state index contributed by atoms with van der Waals surface area (Å²) < 4.78 is 0. The van der Waals surface area contributed by atoms with E-state index in [0.717, 1.165) is 11.4 Å². The molecule has 0 spiro atoms. The van der Waals surface area contributed by atoms with Gasteiger partial charge in [0.1, 0.15) is 0 Å². The Hall–Kier alpha value is -0.500. The number of hydrogen-bond acceptors (Lipinski definition) is 0. The zero-order chi connectivity index (χ0) is 16.5. The average Bonchev–Trinajstić information content (AvgIpc) is 3.31. The Morgan fingerprint density at radius 2 is 1.63 bits per heavy atom. The van der Waals surface area contributed by atoms with Gasteiger partial charge in [0, 0.05) is 5.02 Å². The van der Waals surface area contributed by atoms with Crippen LogP contribution in [-0.4, -0.2) is 6.88 Å². The predicted molar refractivity (Wildman–Crippen MR) is 125 cm³/mol. The molecule has 0 aliphatic heterocycles. The van der Waals surface area contributed by atoms with Crippen LogP contribution >= 0.6 is 36.4 Å². The van der Waals surface area contributed by atoms with Gasteiger partial charge in [-0.3, -0.25) is 6.08 Å². The average molecular weight is 513 g/mol. The second-order valence-electron chi connectivity index (χ2n) is 4.84. The summed E-state index contributed by atoms with van der Waals surface area (Å²) in [6, 6.07) is 20.7. The maximum atomic E-state index is 5.90. The van der Waals surface area contributed by atoms with E-state index in [-0.39, 0.29) is 39.7 Å². The zero-order valence-corrected chi connectivity index (χ0v) is 21.3. The first kappa shape index (κ1) is 31.2. The summed E-state index contributed by atoms with van der Waals surface area (Å²) in [5, 5.41) is 3.36. The van der Waals surface area contributed by atoms with E-state index in [0.29, 0.717) is 0 Å². The first-order chi connectivity index (χ1) is 11.3. The van der Waals surface area contributed by atoms with Crippen LogP contribution in [-0.2, 0) is 23.3 Å². The van der Waals surface area contributed by atoms with Gasteiger partial charge in [0.05, 0.1) is 0 Å². The molecule has 0 unspecified atom stereocenters. The molecule has 4 rings (SSSR count). The number of benzene rings is 2. The Morgan fingerprint density at radius 3 is 2.15 bits per heavy atom. The molecule has 2 radical (unpaired) electrons.